The van der Waals surface area contributed by atoms with Crippen LogP contribution in [0.2, 0.25) is 0 Å². The SMILES string of the molecule is CNCCCc1csc(CC2CCCCN2C)n1. The molecule has 1 aromatic rings. The topological polar surface area (TPSA) is 28.2 Å². The van der Waals surface area contributed by atoms with Crippen molar-refractivity contribution in [2.75, 3.05) is 27.2 Å². The third-order valence-electron chi connectivity index (χ3n) is 3.79. The van der Waals surface area contributed by atoms with Gasteiger partial charge < -0.3 is 10.2 Å². The zero-order valence-corrected chi connectivity index (χ0v) is 12.4. The van der Waals surface area contributed by atoms with Crippen LogP contribution in [-0.2, 0) is 12.8 Å². The minimum absolute atomic E-state index is 0.718. The van der Waals surface area contributed by atoms with Crippen LogP contribution in [-0.4, -0.2) is 43.1 Å². The van der Waals surface area contributed by atoms with Gasteiger partial charge in [-0.1, -0.05) is 6.42 Å². The van der Waals surface area contributed by atoms with Crippen LogP contribution in [0.25, 0.3) is 0 Å². The highest BCUT2D eigenvalue weighted by atomic mass is 32.1. The normalized spacial score (nSPS) is 21.3. The predicted molar refractivity (Wildman–Crippen MR) is 78.3 cm³/mol. The van der Waals surface area contributed by atoms with E-state index in [1.807, 2.05) is 18.4 Å². The lowest BCUT2D eigenvalue weighted by Gasteiger charge is -2.31. The molecule has 1 N–H and O–H groups in total. The average molecular weight is 267 g/mol. The van der Waals surface area contributed by atoms with Crippen LogP contribution in [0.15, 0.2) is 5.38 Å². The summed E-state index contributed by atoms with van der Waals surface area (Å²) < 4.78 is 0. The fraction of sp³-hybridized carbons (Fsp3) is 0.786. The van der Waals surface area contributed by atoms with Gasteiger partial charge in [-0.15, -0.1) is 11.3 Å². The molecular formula is C14H25N3S. The highest BCUT2D eigenvalue weighted by molar-refractivity contribution is 7.09. The first-order valence-electron chi connectivity index (χ1n) is 7.07. The molecule has 1 aliphatic heterocycles. The fourth-order valence-corrected chi connectivity index (χ4v) is 3.51. The molecule has 1 atom stereocenters. The fourth-order valence-electron chi connectivity index (χ4n) is 2.61. The van der Waals surface area contributed by atoms with Crippen molar-refractivity contribution in [2.24, 2.45) is 0 Å². The van der Waals surface area contributed by atoms with Crippen LogP contribution in [0, 0.1) is 0 Å². The van der Waals surface area contributed by atoms with E-state index in [2.05, 4.69) is 22.6 Å². The second-order valence-electron chi connectivity index (χ2n) is 5.27. The minimum atomic E-state index is 0.718. The summed E-state index contributed by atoms with van der Waals surface area (Å²) in [5, 5.41) is 6.76. The largest absolute Gasteiger partial charge is 0.320 e. The molecule has 1 aliphatic rings. The Labute approximate surface area is 115 Å². The van der Waals surface area contributed by atoms with Gasteiger partial charge in [0.1, 0.15) is 0 Å². The molecular weight excluding hydrogens is 242 g/mol. The van der Waals surface area contributed by atoms with Crippen molar-refractivity contribution < 1.29 is 0 Å². The number of thiazole rings is 1. The number of nitrogens with zero attached hydrogens (tertiary/aromatic N) is 2. The van der Waals surface area contributed by atoms with Crippen molar-refractivity contribution in [1.82, 2.24) is 15.2 Å². The lowest BCUT2D eigenvalue weighted by atomic mass is 10.0. The highest BCUT2D eigenvalue weighted by Crippen LogP contribution is 2.21. The molecule has 0 amide bonds. The van der Waals surface area contributed by atoms with Crippen molar-refractivity contribution in [3.63, 3.8) is 0 Å². The first kappa shape index (κ1) is 14.0. The summed E-state index contributed by atoms with van der Waals surface area (Å²) in [6, 6.07) is 0.718. The Balaban J connectivity index is 1.82. The van der Waals surface area contributed by atoms with Gasteiger partial charge in [0.15, 0.2) is 0 Å². The standard InChI is InChI=1S/C14H25N3S/c1-15-8-5-6-12-11-18-14(16-12)10-13-7-3-4-9-17(13)2/h11,13,15H,3-10H2,1-2H3. The second-order valence-corrected chi connectivity index (χ2v) is 6.22. The van der Waals surface area contributed by atoms with Crippen LogP contribution in [0.1, 0.15) is 36.4 Å². The van der Waals surface area contributed by atoms with Gasteiger partial charge in [0.25, 0.3) is 0 Å². The first-order chi connectivity index (χ1) is 8.79. The number of likely N-dealkylation sites (N-methyl/N-ethyl adjacent to an activating group) is 1. The van der Waals surface area contributed by atoms with Gasteiger partial charge in [-0.25, -0.2) is 4.98 Å². The van der Waals surface area contributed by atoms with Crippen molar-refractivity contribution in [3.8, 4) is 0 Å². The van der Waals surface area contributed by atoms with Gasteiger partial charge in [-0.3, -0.25) is 0 Å². The van der Waals surface area contributed by atoms with Crippen LogP contribution < -0.4 is 5.32 Å². The van der Waals surface area contributed by atoms with Gasteiger partial charge in [0.2, 0.25) is 0 Å². The van der Waals surface area contributed by atoms with E-state index in [1.54, 1.807) is 0 Å². The predicted octanol–water partition coefficient (Wildman–Crippen LogP) is 2.32. The number of aromatic nitrogens is 1. The summed E-state index contributed by atoms with van der Waals surface area (Å²) in [5.41, 5.74) is 1.28. The molecule has 18 heavy (non-hydrogen) atoms. The van der Waals surface area contributed by atoms with Crippen LogP contribution in [0.4, 0.5) is 0 Å². The van der Waals surface area contributed by atoms with Gasteiger partial charge in [-0.2, -0.15) is 0 Å². The van der Waals surface area contributed by atoms with Gasteiger partial charge >= 0.3 is 0 Å². The maximum atomic E-state index is 4.77. The Kier molecular flexibility index (Phi) is 5.60. The van der Waals surface area contributed by atoms with Gasteiger partial charge in [-0.05, 0) is 52.9 Å². The van der Waals surface area contributed by atoms with E-state index >= 15 is 0 Å². The first-order valence-corrected chi connectivity index (χ1v) is 7.95. The maximum Gasteiger partial charge on any atom is 0.0943 e. The van der Waals surface area contributed by atoms with E-state index in [4.69, 9.17) is 4.98 Å². The van der Waals surface area contributed by atoms with Crippen molar-refractivity contribution in [2.45, 2.75) is 44.6 Å². The number of likely N-dealkylation sites (tertiary alicyclic amines) is 1. The molecule has 1 fully saturated rings. The third kappa shape index (κ3) is 4.04. The Hall–Kier alpha value is -0.450. The highest BCUT2D eigenvalue weighted by Gasteiger charge is 2.20. The molecule has 0 saturated carbocycles. The zero-order chi connectivity index (χ0) is 12.8. The van der Waals surface area contributed by atoms with Crippen LogP contribution >= 0.6 is 11.3 Å². The number of nitrogens with one attached hydrogen (secondary N) is 1. The van der Waals surface area contributed by atoms with Crippen molar-refractivity contribution in [1.29, 1.82) is 0 Å². The molecule has 0 aliphatic carbocycles. The lowest BCUT2D eigenvalue weighted by Crippen LogP contribution is -2.37. The second kappa shape index (κ2) is 7.22. The summed E-state index contributed by atoms with van der Waals surface area (Å²) in [6.07, 6.45) is 7.52. The number of aryl methyl sites for hydroxylation is 1. The minimum Gasteiger partial charge on any atom is -0.320 e. The Morgan fingerprint density at radius 3 is 3.17 bits per heavy atom. The molecule has 102 valence electrons. The molecule has 2 heterocycles. The zero-order valence-electron chi connectivity index (χ0n) is 11.6. The lowest BCUT2D eigenvalue weighted by molar-refractivity contribution is 0.184. The van der Waals surface area contributed by atoms with E-state index in [0.717, 1.165) is 25.4 Å². The van der Waals surface area contributed by atoms with Gasteiger partial charge in [0.05, 0.1) is 10.7 Å². The maximum absolute atomic E-state index is 4.77. The van der Waals surface area contributed by atoms with E-state index in [9.17, 15) is 0 Å². The van der Waals surface area contributed by atoms with Gasteiger partial charge in [0, 0.05) is 17.8 Å². The Bertz CT molecular complexity index is 351. The third-order valence-corrected chi connectivity index (χ3v) is 4.71. The molecule has 0 aromatic carbocycles. The van der Waals surface area contributed by atoms with Crippen LogP contribution in [0.3, 0.4) is 0 Å². The Morgan fingerprint density at radius 2 is 2.39 bits per heavy atom. The summed E-state index contributed by atoms with van der Waals surface area (Å²) >= 11 is 1.85. The molecule has 0 radical (unpaired) electrons. The smallest absolute Gasteiger partial charge is 0.0943 e. The molecule has 1 aromatic heterocycles. The summed E-state index contributed by atoms with van der Waals surface area (Å²) in [4.78, 5) is 7.28. The Morgan fingerprint density at radius 1 is 1.50 bits per heavy atom. The summed E-state index contributed by atoms with van der Waals surface area (Å²) in [7, 11) is 4.26. The quantitative estimate of drug-likeness (QED) is 0.802. The number of hydrogen-bond donors (Lipinski definition) is 1. The average Bonchev–Trinajstić information content (AvgIpc) is 2.80. The molecule has 3 nitrogen and oxygen atoms in total. The van der Waals surface area contributed by atoms with E-state index in [1.165, 1.54) is 42.9 Å². The molecule has 1 unspecified atom stereocenters. The molecule has 4 heteroatoms. The monoisotopic (exact) mass is 267 g/mol. The van der Waals surface area contributed by atoms with E-state index < -0.39 is 0 Å². The molecule has 0 bridgehead atoms. The van der Waals surface area contributed by atoms with E-state index in [0.29, 0.717) is 0 Å². The summed E-state index contributed by atoms with van der Waals surface area (Å²) in [6.45, 7) is 2.34. The number of hydrogen-bond acceptors (Lipinski definition) is 4. The molecule has 2 rings (SSSR count). The van der Waals surface area contributed by atoms with Crippen LogP contribution in [0.5, 0.6) is 0 Å². The summed E-state index contributed by atoms with van der Waals surface area (Å²) in [5.74, 6) is 0. The molecule has 1 saturated heterocycles. The van der Waals surface area contributed by atoms with E-state index in [-0.39, 0.29) is 0 Å². The number of piperidine rings is 1. The molecule has 0 spiro atoms. The number of rotatable bonds is 6. The van der Waals surface area contributed by atoms with Crippen molar-refractivity contribution >= 4 is 11.3 Å². The van der Waals surface area contributed by atoms with Crippen molar-refractivity contribution in [3.05, 3.63) is 16.1 Å².